The number of aromatic amines is 2. The molecule has 3 N–H and O–H groups in total. The van der Waals surface area contributed by atoms with E-state index in [1.807, 2.05) is 18.2 Å². The van der Waals surface area contributed by atoms with E-state index in [-0.39, 0.29) is 22.4 Å². The Morgan fingerprint density at radius 2 is 1.28 bits per heavy atom. The van der Waals surface area contributed by atoms with Crippen LogP contribution in [0, 0.1) is 0 Å². The summed E-state index contributed by atoms with van der Waals surface area (Å²) >= 11 is 3.23. The van der Waals surface area contributed by atoms with Crippen LogP contribution in [0.2, 0.25) is 0 Å². The highest BCUT2D eigenvalue weighted by atomic mass is 79.9. The van der Waals surface area contributed by atoms with Crippen LogP contribution in [-0.2, 0) is 14.2 Å². The van der Waals surface area contributed by atoms with Crippen molar-refractivity contribution in [1.29, 1.82) is 0 Å². The summed E-state index contributed by atoms with van der Waals surface area (Å²) in [5.74, 6) is -2.33. The average molecular weight is 647 g/mol. The lowest BCUT2D eigenvalue weighted by atomic mass is 10.1. The first kappa shape index (κ1) is 27.6. The number of nitrogens with one attached hydrogen (secondary N) is 2. The molecule has 0 saturated heterocycles. The molecular formula is C30H19BrN2O10. The van der Waals surface area contributed by atoms with Crippen molar-refractivity contribution < 1.29 is 47.3 Å². The fourth-order valence-electron chi connectivity index (χ4n) is 4.38. The first-order valence-electron chi connectivity index (χ1n) is 12.6. The maximum Gasteiger partial charge on any atom is 0.358 e. The van der Waals surface area contributed by atoms with Crippen LogP contribution in [0.4, 0.5) is 0 Å². The van der Waals surface area contributed by atoms with Crippen LogP contribution in [0.15, 0.2) is 94.2 Å². The molecule has 0 amide bonds. The van der Waals surface area contributed by atoms with E-state index in [9.17, 15) is 19.2 Å². The monoisotopic (exact) mass is 646 g/mol. The van der Waals surface area contributed by atoms with Crippen molar-refractivity contribution in [3.8, 4) is 0 Å². The third kappa shape index (κ3) is 5.53. The molecule has 0 saturated carbocycles. The van der Waals surface area contributed by atoms with Crippen molar-refractivity contribution in [3.63, 3.8) is 0 Å². The van der Waals surface area contributed by atoms with Gasteiger partial charge >= 0.3 is 23.9 Å². The molecule has 2 aliphatic heterocycles. The van der Waals surface area contributed by atoms with Gasteiger partial charge in [0.1, 0.15) is 11.4 Å². The summed E-state index contributed by atoms with van der Waals surface area (Å²) in [5, 5.41) is 8.27. The number of aromatic nitrogens is 2. The number of rotatable bonds is 3. The Kier molecular flexibility index (Phi) is 7.30. The number of carbonyl (C=O) groups excluding carboxylic acids is 3. The van der Waals surface area contributed by atoms with E-state index >= 15 is 0 Å². The lowest BCUT2D eigenvalue weighted by Crippen LogP contribution is -2.12. The molecule has 4 aromatic heterocycles. The van der Waals surface area contributed by atoms with Gasteiger partial charge in [-0.05, 0) is 28.1 Å². The number of esters is 3. The number of hydrogen-bond donors (Lipinski definition) is 3. The Morgan fingerprint density at radius 3 is 1.88 bits per heavy atom. The van der Waals surface area contributed by atoms with Gasteiger partial charge in [0.15, 0.2) is 16.2 Å². The molecule has 0 radical (unpaired) electrons. The number of halogens is 1. The zero-order valence-corrected chi connectivity index (χ0v) is 23.3. The molecule has 13 heteroatoms. The minimum Gasteiger partial charge on any atom is -0.477 e. The molecule has 2 atom stereocenters. The van der Waals surface area contributed by atoms with Gasteiger partial charge in [-0.2, -0.15) is 0 Å². The molecule has 6 aromatic rings. The summed E-state index contributed by atoms with van der Waals surface area (Å²) in [4.78, 5) is 50.7. The number of alkyl halides is 1. The molecule has 216 valence electrons. The predicted molar refractivity (Wildman–Crippen MR) is 152 cm³/mol. The lowest BCUT2D eigenvalue weighted by molar-refractivity contribution is -0.0727. The van der Waals surface area contributed by atoms with Crippen LogP contribution in [0.3, 0.4) is 0 Å². The highest BCUT2D eigenvalue weighted by Crippen LogP contribution is 2.34. The highest BCUT2D eigenvalue weighted by Gasteiger charge is 2.34. The SMILES string of the molecule is O=C(O)c1cc2occc2[nH]1.O=C(OC1OC(=O)c2ccccc21)c1cc2occc2[nH]1.O=C1OC(Br)c2ccccc21. The van der Waals surface area contributed by atoms with Crippen LogP contribution in [0.5, 0.6) is 0 Å². The van der Waals surface area contributed by atoms with Gasteiger partial charge in [0.25, 0.3) is 6.29 Å². The second-order valence-electron chi connectivity index (χ2n) is 9.11. The Balaban J connectivity index is 0.000000126. The third-order valence-corrected chi connectivity index (χ3v) is 7.11. The number of cyclic esters (lactones) is 2. The first-order chi connectivity index (χ1) is 20.8. The van der Waals surface area contributed by atoms with Gasteiger partial charge in [0.2, 0.25) is 0 Å². The van der Waals surface area contributed by atoms with Crippen LogP contribution in [0.25, 0.3) is 22.2 Å². The molecule has 0 fully saturated rings. The summed E-state index contributed by atoms with van der Waals surface area (Å²) in [6.45, 7) is 0. The highest BCUT2D eigenvalue weighted by molar-refractivity contribution is 9.09. The minimum absolute atomic E-state index is 0.152. The number of hydrogen-bond acceptors (Lipinski definition) is 9. The van der Waals surface area contributed by atoms with Gasteiger partial charge < -0.3 is 38.1 Å². The van der Waals surface area contributed by atoms with Crippen molar-refractivity contribution in [3.05, 3.63) is 119 Å². The summed E-state index contributed by atoms with van der Waals surface area (Å²) in [5.41, 5.74) is 5.47. The second kappa shape index (κ2) is 11.4. The molecule has 2 aromatic carbocycles. The minimum atomic E-state index is -1.02. The fourth-order valence-corrected chi connectivity index (χ4v) is 4.95. The lowest BCUT2D eigenvalue weighted by Gasteiger charge is -2.11. The predicted octanol–water partition coefficient (Wildman–Crippen LogP) is 6.50. The molecular weight excluding hydrogens is 628 g/mol. The number of benzene rings is 2. The van der Waals surface area contributed by atoms with Crippen molar-refractivity contribution >= 4 is 62.0 Å². The number of H-pyrrole nitrogens is 2. The number of carbonyl (C=O) groups is 4. The Hall–Kier alpha value is -5.56. The van der Waals surface area contributed by atoms with Crippen LogP contribution >= 0.6 is 15.9 Å². The molecule has 2 aliphatic rings. The molecule has 0 bridgehead atoms. The number of fused-ring (bicyclic) bond motifs is 4. The molecule has 6 heterocycles. The quantitative estimate of drug-likeness (QED) is 0.142. The summed E-state index contributed by atoms with van der Waals surface area (Å²) in [7, 11) is 0. The van der Waals surface area contributed by atoms with E-state index in [0.717, 1.165) is 5.56 Å². The first-order valence-corrected chi connectivity index (χ1v) is 13.5. The number of carboxylic acids is 1. The molecule has 0 spiro atoms. The van der Waals surface area contributed by atoms with E-state index in [2.05, 4.69) is 25.9 Å². The summed E-state index contributed by atoms with van der Waals surface area (Å²) < 4.78 is 25.3. The number of ether oxygens (including phenoxy) is 3. The third-order valence-electron chi connectivity index (χ3n) is 6.43. The Bertz CT molecular complexity index is 1940. The summed E-state index contributed by atoms with van der Waals surface area (Å²) in [6, 6.07) is 20.5. The molecule has 0 aliphatic carbocycles. The second-order valence-corrected chi connectivity index (χ2v) is 9.94. The van der Waals surface area contributed by atoms with Gasteiger partial charge in [-0.3, -0.25) is 0 Å². The molecule has 2 unspecified atom stereocenters. The number of carboxylic acid groups (broad SMARTS) is 1. The van der Waals surface area contributed by atoms with Crippen molar-refractivity contribution in [1.82, 2.24) is 9.97 Å². The number of aromatic carboxylic acids is 1. The maximum atomic E-state index is 12.1. The van der Waals surface area contributed by atoms with E-state index in [1.54, 1.807) is 48.5 Å². The Labute approximate surface area is 249 Å². The van der Waals surface area contributed by atoms with Crippen molar-refractivity contribution in [2.45, 2.75) is 11.3 Å². The largest absolute Gasteiger partial charge is 0.477 e. The molecule has 12 nitrogen and oxygen atoms in total. The van der Waals surface area contributed by atoms with Gasteiger partial charge in [-0.25, -0.2) is 19.2 Å². The van der Waals surface area contributed by atoms with Crippen LogP contribution in [0.1, 0.15) is 64.1 Å². The van der Waals surface area contributed by atoms with Crippen LogP contribution < -0.4 is 0 Å². The number of furan rings is 2. The van der Waals surface area contributed by atoms with Gasteiger partial charge in [0.05, 0.1) is 34.7 Å². The topological polar surface area (TPSA) is 174 Å². The Morgan fingerprint density at radius 1 is 0.744 bits per heavy atom. The van der Waals surface area contributed by atoms with Gasteiger partial charge in [-0.1, -0.05) is 36.4 Å². The summed E-state index contributed by atoms with van der Waals surface area (Å²) in [6.07, 6.45) is 2.01. The van der Waals surface area contributed by atoms with Gasteiger partial charge in [-0.15, -0.1) is 0 Å². The van der Waals surface area contributed by atoms with E-state index in [4.69, 9.17) is 28.2 Å². The molecule has 43 heavy (non-hydrogen) atoms. The average Bonchev–Trinajstić information content (AvgIpc) is 3.82. The zero-order chi connectivity index (χ0) is 30.1. The van der Waals surface area contributed by atoms with Gasteiger partial charge in [0, 0.05) is 35.4 Å². The van der Waals surface area contributed by atoms with E-state index in [0.29, 0.717) is 38.9 Å². The van der Waals surface area contributed by atoms with Crippen molar-refractivity contribution in [2.75, 3.05) is 0 Å². The smallest absolute Gasteiger partial charge is 0.358 e. The maximum absolute atomic E-state index is 12.1. The van der Waals surface area contributed by atoms with E-state index < -0.39 is 24.2 Å². The van der Waals surface area contributed by atoms with E-state index in [1.165, 1.54) is 18.6 Å². The van der Waals surface area contributed by atoms with Crippen LogP contribution in [-0.4, -0.2) is 39.0 Å². The normalized spacial score (nSPS) is 16.3. The van der Waals surface area contributed by atoms with Crippen molar-refractivity contribution in [2.24, 2.45) is 0 Å². The zero-order valence-electron chi connectivity index (χ0n) is 21.7. The standard InChI is InChI=1S/C15H9NO5.C8H5BrO2.C7H5NO3/c17-13-8-3-1-2-4-9(8)15(20-13)21-14(18)11-7-12-10(16-11)5-6-19-12;9-7-5-3-1-2-4-6(5)8(10)11-7;9-7(10)5-3-6-4(8-5)1-2-11-6/h1-7,15-16H;1-4,7H;1-3,8H,(H,9,10). The molecule has 8 rings (SSSR count). The fraction of sp³-hybridized carbons (Fsp3) is 0.0667.